The van der Waals surface area contributed by atoms with E-state index in [1.807, 2.05) is 0 Å². The zero-order chi connectivity index (χ0) is 11.5. The van der Waals surface area contributed by atoms with E-state index in [2.05, 4.69) is 9.97 Å². The van der Waals surface area contributed by atoms with Gasteiger partial charge in [0.2, 0.25) is 0 Å². The van der Waals surface area contributed by atoms with Crippen molar-refractivity contribution in [3.05, 3.63) is 47.9 Å². The average molecular weight is 220 g/mol. The highest BCUT2D eigenvalue weighted by molar-refractivity contribution is 5.74. The third-order valence-electron chi connectivity index (χ3n) is 2.02. The molecule has 0 spiro atoms. The summed E-state index contributed by atoms with van der Waals surface area (Å²) in [6.07, 6.45) is 1.76. The summed E-state index contributed by atoms with van der Waals surface area (Å²) in [6, 6.07) is 4.81. The Balaban J connectivity index is 2.49. The van der Waals surface area contributed by atoms with Gasteiger partial charge in [-0.3, -0.25) is 4.79 Å². The molecule has 0 atom stereocenters. The quantitative estimate of drug-likeness (QED) is 0.729. The molecule has 0 saturated heterocycles. The summed E-state index contributed by atoms with van der Waals surface area (Å²) in [5.41, 5.74) is 0.954. The van der Waals surface area contributed by atoms with Gasteiger partial charge in [-0.25, -0.2) is 18.7 Å². The molecule has 3 nitrogen and oxygen atoms in total. The Labute approximate surface area is 89.8 Å². The van der Waals surface area contributed by atoms with Crippen molar-refractivity contribution in [2.75, 3.05) is 0 Å². The molecular weight excluding hydrogens is 214 g/mol. The lowest BCUT2D eigenvalue weighted by molar-refractivity contribution is 0.111. The van der Waals surface area contributed by atoms with Gasteiger partial charge in [0, 0.05) is 5.56 Å². The van der Waals surface area contributed by atoms with Gasteiger partial charge in [-0.15, -0.1) is 0 Å². The molecular formula is C11H6F2N2O. The third-order valence-corrected chi connectivity index (χ3v) is 2.02. The van der Waals surface area contributed by atoms with Gasteiger partial charge in [0.1, 0.15) is 12.0 Å². The van der Waals surface area contributed by atoms with Crippen LogP contribution in [0.1, 0.15) is 10.5 Å². The van der Waals surface area contributed by atoms with E-state index in [1.165, 1.54) is 18.5 Å². The summed E-state index contributed by atoms with van der Waals surface area (Å²) in [5.74, 6) is -1.88. The maximum atomic E-state index is 13.0. The van der Waals surface area contributed by atoms with Crippen LogP contribution in [0.15, 0.2) is 30.6 Å². The molecule has 0 saturated carbocycles. The highest BCUT2D eigenvalue weighted by atomic mass is 19.2. The molecule has 0 amide bonds. The second-order valence-electron chi connectivity index (χ2n) is 3.07. The van der Waals surface area contributed by atoms with E-state index in [0.717, 1.165) is 12.1 Å². The van der Waals surface area contributed by atoms with Crippen molar-refractivity contribution in [1.29, 1.82) is 0 Å². The number of carbonyl (C=O) groups excluding carboxylic acids is 1. The van der Waals surface area contributed by atoms with E-state index in [-0.39, 0.29) is 5.69 Å². The average Bonchev–Trinajstić information content (AvgIpc) is 2.33. The predicted molar refractivity (Wildman–Crippen MR) is 52.8 cm³/mol. The van der Waals surface area contributed by atoms with Crippen LogP contribution in [0, 0.1) is 11.6 Å². The van der Waals surface area contributed by atoms with Gasteiger partial charge in [-0.05, 0) is 24.3 Å². The first-order valence-electron chi connectivity index (χ1n) is 4.43. The smallest absolute Gasteiger partial charge is 0.168 e. The Morgan fingerprint density at radius 1 is 1.06 bits per heavy atom. The molecule has 0 unspecified atom stereocenters. The molecule has 1 aromatic heterocycles. The van der Waals surface area contributed by atoms with E-state index < -0.39 is 11.6 Å². The van der Waals surface area contributed by atoms with Gasteiger partial charge in [-0.2, -0.15) is 0 Å². The zero-order valence-corrected chi connectivity index (χ0v) is 8.02. The number of aldehydes is 1. The number of hydrogen-bond acceptors (Lipinski definition) is 3. The second kappa shape index (κ2) is 4.14. The number of carbonyl (C=O) groups is 1. The summed E-state index contributed by atoms with van der Waals surface area (Å²) >= 11 is 0. The minimum Gasteiger partial charge on any atom is -0.296 e. The van der Waals surface area contributed by atoms with Crippen LogP contribution in [0.25, 0.3) is 11.3 Å². The molecule has 5 heteroatoms. The largest absolute Gasteiger partial charge is 0.296 e. The molecule has 0 fully saturated rings. The summed E-state index contributed by atoms with van der Waals surface area (Å²) in [7, 11) is 0. The van der Waals surface area contributed by atoms with E-state index in [0.29, 0.717) is 17.5 Å². The lowest BCUT2D eigenvalue weighted by atomic mass is 10.1. The van der Waals surface area contributed by atoms with Gasteiger partial charge >= 0.3 is 0 Å². The van der Waals surface area contributed by atoms with Crippen molar-refractivity contribution in [1.82, 2.24) is 9.97 Å². The van der Waals surface area contributed by atoms with E-state index in [4.69, 9.17) is 0 Å². The summed E-state index contributed by atoms with van der Waals surface area (Å²) in [4.78, 5) is 18.0. The summed E-state index contributed by atoms with van der Waals surface area (Å²) < 4.78 is 25.7. The van der Waals surface area contributed by atoms with Crippen LogP contribution in [-0.2, 0) is 0 Å². The van der Waals surface area contributed by atoms with Crippen molar-refractivity contribution in [2.24, 2.45) is 0 Å². The normalized spacial score (nSPS) is 10.1. The van der Waals surface area contributed by atoms with Gasteiger partial charge in [0.15, 0.2) is 17.9 Å². The number of halogens is 2. The molecule has 0 radical (unpaired) electrons. The highest BCUT2D eigenvalue weighted by Gasteiger charge is 2.06. The Morgan fingerprint density at radius 2 is 1.88 bits per heavy atom. The lowest BCUT2D eigenvalue weighted by Gasteiger charge is -2.01. The van der Waals surface area contributed by atoms with Crippen molar-refractivity contribution >= 4 is 6.29 Å². The minimum atomic E-state index is -0.955. The van der Waals surface area contributed by atoms with Crippen molar-refractivity contribution in [3.8, 4) is 11.3 Å². The molecule has 16 heavy (non-hydrogen) atoms. The molecule has 0 aliphatic rings. The molecule has 80 valence electrons. The highest BCUT2D eigenvalue weighted by Crippen LogP contribution is 2.19. The number of rotatable bonds is 2. The Bertz CT molecular complexity index is 543. The number of benzene rings is 1. The second-order valence-corrected chi connectivity index (χ2v) is 3.07. The van der Waals surface area contributed by atoms with Crippen LogP contribution < -0.4 is 0 Å². The molecule has 0 N–H and O–H groups in total. The van der Waals surface area contributed by atoms with Crippen LogP contribution in [0.4, 0.5) is 8.78 Å². The molecule has 2 aromatic rings. The Hall–Kier alpha value is -2.17. The fourth-order valence-electron chi connectivity index (χ4n) is 1.25. The van der Waals surface area contributed by atoms with Gasteiger partial charge in [0.05, 0.1) is 5.69 Å². The van der Waals surface area contributed by atoms with E-state index in [1.54, 1.807) is 0 Å². The lowest BCUT2D eigenvalue weighted by Crippen LogP contribution is -1.92. The van der Waals surface area contributed by atoms with Crippen LogP contribution in [0.2, 0.25) is 0 Å². The van der Waals surface area contributed by atoms with E-state index in [9.17, 15) is 13.6 Å². The van der Waals surface area contributed by atoms with Gasteiger partial charge in [-0.1, -0.05) is 0 Å². The first kappa shape index (κ1) is 10.4. The maximum Gasteiger partial charge on any atom is 0.168 e. The van der Waals surface area contributed by atoms with Gasteiger partial charge in [0.25, 0.3) is 0 Å². The summed E-state index contributed by atoms with van der Waals surface area (Å²) in [5, 5.41) is 0. The van der Waals surface area contributed by atoms with Crippen LogP contribution in [0.3, 0.4) is 0 Å². The monoisotopic (exact) mass is 220 g/mol. The number of nitrogens with zero attached hydrogens (tertiary/aromatic N) is 2. The molecule has 1 aromatic carbocycles. The Morgan fingerprint density at radius 3 is 2.56 bits per heavy atom. The van der Waals surface area contributed by atoms with Gasteiger partial charge < -0.3 is 0 Å². The molecule has 0 aliphatic carbocycles. The van der Waals surface area contributed by atoms with Crippen LogP contribution in [-0.4, -0.2) is 16.3 Å². The molecule has 0 aliphatic heterocycles. The third kappa shape index (κ3) is 1.93. The summed E-state index contributed by atoms with van der Waals surface area (Å²) in [6.45, 7) is 0. The minimum absolute atomic E-state index is 0.190. The standard InChI is InChI=1S/C11H6F2N2O/c12-9-2-1-7(3-10(9)13)11-4-8(5-16)14-6-15-11/h1-6H. The topological polar surface area (TPSA) is 42.9 Å². The molecule has 0 bridgehead atoms. The van der Waals surface area contributed by atoms with Crippen molar-refractivity contribution < 1.29 is 13.6 Å². The predicted octanol–water partition coefficient (Wildman–Crippen LogP) is 2.23. The maximum absolute atomic E-state index is 13.0. The SMILES string of the molecule is O=Cc1cc(-c2ccc(F)c(F)c2)ncn1. The number of hydrogen-bond donors (Lipinski definition) is 0. The Kier molecular flexibility index (Phi) is 2.68. The molecule has 2 rings (SSSR count). The van der Waals surface area contributed by atoms with Crippen LogP contribution >= 0.6 is 0 Å². The zero-order valence-electron chi connectivity index (χ0n) is 8.02. The molecule has 1 heterocycles. The van der Waals surface area contributed by atoms with Crippen molar-refractivity contribution in [3.63, 3.8) is 0 Å². The first-order chi connectivity index (χ1) is 7.70. The fourth-order valence-corrected chi connectivity index (χ4v) is 1.25. The number of aromatic nitrogens is 2. The first-order valence-corrected chi connectivity index (χ1v) is 4.43. The van der Waals surface area contributed by atoms with E-state index >= 15 is 0 Å². The van der Waals surface area contributed by atoms with Crippen LogP contribution in [0.5, 0.6) is 0 Å². The van der Waals surface area contributed by atoms with Crippen molar-refractivity contribution in [2.45, 2.75) is 0 Å². The fraction of sp³-hybridized carbons (Fsp3) is 0.